The molecule has 0 unspecified atom stereocenters. The molecule has 0 atom stereocenters. The molecule has 0 bridgehead atoms. The van der Waals surface area contributed by atoms with Gasteiger partial charge in [0.25, 0.3) is 5.91 Å². The van der Waals surface area contributed by atoms with Crippen LogP contribution in [-0.4, -0.2) is 75.7 Å². The van der Waals surface area contributed by atoms with Crippen molar-refractivity contribution in [1.29, 1.82) is 0 Å². The molecule has 2 aromatic heterocycles. The molecule has 0 fully saturated rings. The van der Waals surface area contributed by atoms with Crippen molar-refractivity contribution in [1.82, 2.24) is 29.8 Å². The number of aromatic amines is 1. The quantitative estimate of drug-likeness (QED) is 0.0778. The third-order valence-electron chi connectivity index (χ3n) is 9.43. The number of nitrogen functional groups attached to an aromatic ring is 1. The maximum absolute atomic E-state index is 13.6. The van der Waals surface area contributed by atoms with Crippen LogP contribution in [0, 0.1) is 0 Å². The molecule has 284 valence electrons. The second-order valence-electron chi connectivity index (χ2n) is 13.5. The fraction of sp³-hybridized carbons (Fsp3) is 0.195. The van der Waals surface area contributed by atoms with Crippen LogP contribution in [0.5, 0.6) is 5.88 Å². The molecule has 56 heavy (non-hydrogen) atoms. The normalized spacial score (nSPS) is 11.2. The summed E-state index contributed by atoms with van der Waals surface area (Å²) >= 11 is 0. The zero-order valence-corrected chi connectivity index (χ0v) is 30.9. The highest BCUT2D eigenvalue weighted by molar-refractivity contribution is 6.09. The Hall–Kier alpha value is -7.29. The second kappa shape index (κ2) is 15.6. The predicted molar refractivity (Wildman–Crippen MR) is 211 cm³/mol. The van der Waals surface area contributed by atoms with Crippen LogP contribution >= 0.6 is 0 Å². The van der Waals surface area contributed by atoms with Gasteiger partial charge in [-0.15, -0.1) is 0 Å². The molecule has 1 amide bonds. The van der Waals surface area contributed by atoms with Gasteiger partial charge in [-0.05, 0) is 59.5 Å². The van der Waals surface area contributed by atoms with Crippen molar-refractivity contribution in [3.63, 3.8) is 0 Å². The van der Waals surface area contributed by atoms with Crippen LogP contribution < -0.4 is 30.6 Å². The smallest absolute Gasteiger partial charge is 0.336 e. The van der Waals surface area contributed by atoms with Crippen LogP contribution in [-0.2, 0) is 17.9 Å². The lowest BCUT2D eigenvalue weighted by molar-refractivity contribution is -0.137. The van der Waals surface area contributed by atoms with Crippen LogP contribution in [0.2, 0.25) is 0 Å². The summed E-state index contributed by atoms with van der Waals surface area (Å²) < 4.78 is 14.3. The van der Waals surface area contributed by atoms with Gasteiger partial charge < -0.3 is 40.3 Å². The van der Waals surface area contributed by atoms with E-state index >= 15 is 0 Å². The van der Waals surface area contributed by atoms with Gasteiger partial charge in [-0.25, -0.2) is 14.4 Å². The lowest BCUT2D eigenvalue weighted by atomic mass is 9.89. The number of H-pyrrole nitrogens is 1. The molecule has 2 aliphatic rings. The minimum absolute atomic E-state index is 0.0256. The number of carbonyl (C=O) groups is 3. The second-order valence-corrected chi connectivity index (χ2v) is 13.5. The number of fused-ring (bicyclic) bond motifs is 3. The first-order valence-electron chi connectivity index (χ1n) is 17.7. The van der Waals surface area contributed by atoms with Crippen molar-refractivity contribution in [2.75, 3.05) is 38.3 Å². The third-order valence-corrected chi connectivity index (χ3v) is 9.43. The highest BCUT2D eigenvalue weighted by Crippen LogP contribution is 2.42. The van der Waals surface area contributed by atoms with E-state index in [4.69, 9.17) is 20.0 Å². The van der Waals surface area contributed by atoms with E-state index in [1.165, 1.54) is 18.5 Å². The Bertz CT molecular complexity index is 2660. The summed E-state index contributed by atoms with van der Waals surface area (Å²) in [6.45, 7) is 0.949. The van der Waals surface area contributed by atoms with Gasteiger partial charge in [0, 0.05) is 66.5 Å². The fourth-order valence-corrected chi connectivity index (χ4v) is 6.47. The van der Waals surface area contributed by atoms with Crippen LogP contribution in [0.4, 0.5) is 11.6 Å². The largest absolute Gasteiger partial charge is 0.481 e. The van der Waals surface area contributed by atoms with Crippen molar-refractivity contribution in [2.24, 2.45) is 0 Å². The molecule has 15 heteroatoms. The number of aromatic carboxylic acids is 1. The molecule has 0 radical (unpaired) electrons. The molecule has 0 saturated heterocycles. The number of benzene rings is 4. The number of amides is 1. The highest BCUT2D eigenvalue weighted by atomic mass is 16.5. The third kappa shape index (κ3) is 7.82. The maximum atomic E-state index is 13.6. The number of imidazole rings is 1. The SMILES string of the molecule is CN(CCCC(=O)O)c1ccc2c(-c3cc(C(=O)NCc4ccc(COc5nc(N)nc6nc[nH]c56)cc4)ccc3C(=O)O)c3ccc(=[N+](C)C)cc-3oc2c1. The summed E-state index contributed by atoms with van der Waals surface area (Å²) in [6, 6.07) is 23.4. The molecular weight excluding hydrogens is 716 g/mol. The van der Waals surface area contributed by atoms with E-state index in [1.54, 1.807) is 6.07 Å². The van der Waals surface area contributed by atoms with Crippen molar-refractivity contribution in [3.05, 3.63) is 113 Å². The van der Waals surface area contributed by atoms with Crippen LogP contribution in [0.3, 0.4) is 0 Å². The predicted octanol–water partition coefficient (Wildman–Crippen LogP) is 4.99. The van der Waals surface area contributed by atoms with Gasteiger partial charge in [0.15, 0.2) is 5.65 Å². The monoisotopic (exact) mass is 755 g/mol. The molecular formula is C41H39N8O7+. The first kappa shape index (κ1) is 37.0. The summed E-state index contributed by atoms with van der Waals surface area (Å²) in [5.74, 6) is -1.50. The van der Waals surface area contributed by atoms with Gasteiger partial charge in [-0.2, -0.15) is 9.97 Å². The number of carboxylic acids is 2. The zero-order chi connectivity index (χ0) is 39.5. The number of ether oxygens (including phenoxy) is 1. The van der Waals surface area contributed by atoms with E-state index in [0.717, 1.165) is 22.2 Å². The number of nitrogens with zero attached hydrogens (tertiary/aromatic N) is 5. The first-order valence-corrected chi connectivity index (χ1v) is 17.7. The van der Waals surface area contributed by atoms with E-state index < -0.39 is 11.9 Å². The molecule has 1 aliphatic carbocycles. The fourth-order valence-electron chi connectivity index (χ4n) is 6.47. The lowest BCUT2D eigenvalue weighted by Crippen LogP contribution is -2.23. The van der Waals surface area contributed by atoms with E-state index in [-0.39, 0.29) is 42.6 Å². The maximum Gasteiger partial charge on any atom is 0.336 e. The molecule has 0 spiro atoms. The molecule has 7 rings (SSSR count). The van der Waals surface area contributed by atoms with Crippen molar-refractivity contribution in [2.45, 2.75) is 26.0 Å². The van der Waals surface area contributed by atoms with E-state index in [0.29, 0.717) is 63.4 Å². The van der Waals surface area contributed by atoms with Crippen LogP contribution in [0.15, 0.2) is 89.6 Å². The van der Waals surface area contributed by atoms with Gasteiger partial charge in [-0.1, -0.05) is 24.3 Å². The number of nitrogens with one attached hydrogen (secondary N) is 2. The first-order chi connectivity index (χ1) is 26.9. The van der Waals surface area contributed by atoms with Gasteiger partial charge >= 0.3 is 11.9 Å². The molecule has 1 aliphatic heterocycles. The average molecular weight is 756 g/mol. The average Bonchev–Trinajstić information content (AvgIpc) is 3.66. The number of carbonyl (C=O) groups excluding carboxylic acids is 1. The van der Waals surface area contributed by atoms with Gasteiger partial charge in [-0.3, -0.25) is 9.59 Å². The van der Waals surface area contributed by atoms with E-state index in [1.807, 2.05) is 91.3 Å². The van der Waals surface area contributed by atoms with E-state index in [9.17, 15) is 19.5 Å². The summed E-state index contributed by atoms with van der Waals surface area (Å²) in [5.41, 5.74) is 11.7. The number of carboxylic acid groups (broad SMARTS) is 2. The highest BCUT2D eigenvalue weighted by Gasteiger charge is 2.24. The van der Waals surface area contributed by atoms with Gasteiger partial charge in [0.1, 0.15) is 37.6 Å². The lowest BCUT2D eigenvalue weighted by Gasteiger charge is -2.21. The van der Waals surface area contributed by atoms with Crippen LogP contribution in [0.1, 0.15) is 44.7 Å². The Balaban J connectivity index is 1.16. The number of aliphatic carboxylic acids is 1. The Morgan fingerprint density at radius 1 is 0.946 bits per heavy atom. The molecule has 6 N–H and O–H groups in total. The Kier molecular flexibility index (Phi) is 10.3. The standard InChI is InChI=1S/C41H38N8O7/c1-48(2)26-11-14-29-32(18-26)56-33-19-27(49(3)16-4-5-34(50)51)12-15-30(33)35(29)31-17-25(10-13-28(31)40(53)54)38(52)43-20-23-6-8-24(9-7-23)21-55-39-36-37(45-22-44-36)46-41(42)47-39/h6-15,17-19,22H,4-5,16,20-21H2,1-3H3,(H5-,42,43,44,45,46,47,50,51,52,53,54)/p+1. The summed E-state index contributed by atoms with van der Waals surface area (Å²) in [7, 11) is 5.70. The number of nitrogens with two attached hydrogens (primary N) is 1. The Morgan fingerprint density at radius 2 is 1.73 bits per heavy atom. The number of aromatic nitrogens is 4. The van der Waals surface area contributed by atoms with Gasteiger partial charge in [0.05, 0.1) is 18.0 Å². The molecule has 0 saturated carbocycles. The number of rotatable bonds is 13. The molecule has 15 nitrogen and oxygen atoms in total. The summed E-state index contributed by atoms with van der Waals surface area (Å²) in [6.07, 6.45) is 2.00. The number of hydrogen-bond donors (Lipinski definition) is 5. The zero-order valence-electron chi connectivity index (χ0n) is 30.9. The molecule has 3 aromatic carbocycles. The molecule has 3 heterocycles. The minimum atomic E-state index is -1.14. The van der Waals surface area contributed by atoms with Gasteiger partial charge in [0.2, 0.25) is 17.2 Å². The van der Waals surface area contributed by atoms with Crippen molar-refractivity contribution >= 4 is 51.6 Å². The minimum Gasteiger partial charge on any atom is -0.481 e. The Morgan fingerprint density at radius 3 is 2.48 bits per heavy atom. The van der Waals surface area contributed by atoms with E-state index in [2.05, 4.69) is 25.3 Å². The van der Waals surface area contributed by atoms with Crippen LogP contribution in [0.25, 0.3) is 44.6 Å². The Labute approximate surface area is 320 Å². The topological polar surface area (TPSA) is 213 Å². The van der Waals surface area contributed by atoms with Crippen molar-refractivity contribution < 1.29 is 33.8 Å². The number of anilines is 2. The number of hydrogen-bond acceptors (Lipinski definition) is 10. The summed E-state index contributed by atoms with van der Waals surface area (Å²) in [5, 5.41) is 24.0. The molecule has 5 aromatic rings. The van der Waals surface area contributed by atoms with Crippen molar-refractivity contribution in [3.8, 4) is 28.3 Å². The summed E-state index contributed by atoms with van der Waals surface area (Å²) in [4.78, 5) is 54.7.